The van der Waals surface area contributed by atoms with Crippen molar-refractivity contribution in [1.29, 1.82) is 0 Å². The number of carbonyl (C=O) groups excluding carboxylic acids is 1. The number of nitrogens with one attached hydrogen (secondary N) is 1. The van der Waals surface area contributed by atoms with Gasteiger partial charge >= 0.3 is 0 Å². The zero-order valence-electron chi connectivity index (χ0n) is 15.3. The number of carbonyl (C=O) groups is 1. The van der Waals surface area contributed by atoms with Crippen LogP contribution in [0.25, 0.3) is 11.3 Å². The number of benzene rings is 2. The molecule has 0 saturated carbocycles. The van der Waals surface area contributed by atoms with Crippen LogP contribution in [0.15, 0.2) is 47.8 Å². The minimum absolute atomic E-state index is 0.0811. The molecule has 0 aliphatic carbocycles. The molecule has 7 heteroatoms. The number of anilines is 1. The summed E-state index contributed by atoms with van der Waals surface area (Å²) in [5.74, 6) is 1.81. The molecule has 0 unspecified atom stereocenters. The van der Waals surface area contributed by atoms with Crippen molar-refractivity contribution >= 4 is 22.4 Å². The maximum absolute atomic E-state index is 12.2. The van der Waals surface area contributed by atoms with Crippen LogP contribution in [0.2, 0.25) is 0 Å². The second-order valence-corrected chi connectivity index (χ2v) is 6.56. The second kappa shape index (κ2) is 8.55. The van der Waals surface area contributed by atoms with Crippen LogP contribution in [0, 0.1) is 6.92 Å². The molecule has 0 radical (unpaired) electrons. The smallest absolute Gasteiger partial charge is 0.264 e. The highest BCUT2D eigenvalue weighted by atomic mass is 32.1. The third-order valence-corrected chi connectivity index (χ3v) is 4.64. The van der Waals surface area contributed by atoms with Crippen LogP contribution in [0.1, 0.15) is 5.56 Å². The number of ether oxygens (including phenoxy) is 3. The lowest BCUT2D eigenvalue weighted by Crippen LogP contribution is -2.20. The number of para-hydroxylation sites is 1. The molecular weight excluding hydrogens is 364 g/mol. The summed E-state index contributed by atoms with van der Waals surface area (Å²) in [4.78, 5) is 16.6. The Hall–Kier alpha value is -3.06. The third kappa shape index (κ3) is 4.57. The average Bonchev–Trinajstić information content (AvgIpc) is 3.15. The van der Waals surface area contributed by atoms with E-state index in [1.54, 1.807) is 14.2 Å². The van der Waals surface area contributed by atoms with Gasteiger partial charge in [0.25, 0.3) is 5.91 Å². The van der Waals surface area contributed by atoms with Gasteiger partial charge in [0.05, 0.1) is 19.9 Å². The van der Waals surface area contributed by atoms with E-state index in [1.807, 2.05) is 54.8 Å². The van der Waals surface area contributed by atoms with Gasteiger partial charge in [-0.15, -0.1) is 11.3 Å². The highest BCUT2D eigenvalue weighted by molar-refractivity contribution is 7.14. The number of aryl methyl sites for hydroxylation is 1. The first-order chi connectivity index (χ1) is 13.1. The predicted octanol–water partition coefficient (Wildman–Crippen LogP) is 4.15. The van der Waals surface area contributed by atoms with Crippen molar-refractivity contribution < 1.29 is 19.0 Å². The summed E-state index contributed by atoms with van der Waals surface area (Å²) < 4.78 is 16.2. The fourth-order valence-electron chi connectivity index (χ4n) is 2.49. The monoisotopic (exact) mass is 384 g/mol. The van der Waals surface area contributed by atoms with Crippen LogP contribution in [0.5, 0.6) is 17.2 Å². The quantitative estimate of drug-likeness (QED) is 0.663. The lowest BCUT2D eigenvalue weighted by Gasteiger charge is -2.09. The lowest BCUT2D eigenvalue weighted by atomic mass is 10.1. The van der Waals surface area contributed by atoms with Crippen molar-refractivity contribution in [3.8, 4) is 28.5 Å². The molecule has 140 valence electrons. The molecule has 1 amide bonds. The standard InChI is InChI=1S/C20H20N2O4S/c1-13-6-4-5-7-17(13)26-11-19(23)22-20-21-16(12-27-20)15-10-14(24-2)8-9-18(15)25-3/h4-10,12H,11H2,1-3H3,(H,21,22,23). The minimum Gasteiger partial charge on any atom is -0.497 e. The largest absolute Gasteiger partial charge is 0.497 e. The lowest BCUT2D eigenvalue weighted by molar-refractivity contribution is -0.118. The van der Waals surface area contributed by atoms with Gasteiger partial charge in [0.1, 0.15) is 17.2 Å². The van der Waals surface area contributed by atoms with Crippen LogP contribution >= 0.6 is 11.3 Å². The van der Waals surface area contributed by atoms with Crippen LogP contribution in [0.4, 0.5) is 5.13 Å². The van der Waals surface area contributed by atoms with E-state index in [2.05, 4.69) is 10.3 Å². The van der Waals surface area contributed by atoms with Crippen molar-refractivity contribution in [2.45, 2.75) is 6.92 Å². The van der Waals surface area contributed by atoms with Gasteiger partial charge in [0.15, 0.2) is 11.7 Å². The molecule has 0 saturated heterocycles. The summed E-state index contributed by atoms with van der Waals surface area (Å²) in [7, 11) is 3.20. The van der Waals surface area contributed by atoms with Gasteiger partial charge in [0, 0.05) is 10.9 Å². The zero-order chi connectivity index (χ0) is 19.2. The number of thiazole rings is 1. The van der Waals surface area contributed by atoms with E-state index in [0.717, 1.165) is 11.1 Å². The second-order valence-electron chi connectivity index (χ2n) is 5.71. The molecule has 3 aromatic rings. The molecule has 0 aliphatic heterocycles. The van der Waals surface area contributed by atoms with E-state index < -0.39 is 0 Å². The fraction of sp³-hybridized carbons (Fsp3) is 0.200. The molecule has 1 heterocycles. The minimum atomic E-state index is -0.267. The Kier molecular flexibility index (Phi) is 5.93. The van der Waals surface area contributed by atoms with Crippen molar-refractivity contribution in [2.24, 2.45) is 0 Å². The Morgan fingerprint density at radius 1 is 1.11 bits per heavy atom. The third-order valence-electron chi connectivity index (χ3n) is 3.89. The van der Waals surface area contributed by atoms with Crippen LogP contribution < -0.4 is 19.5 Å². The molecule has 27 heavy (non-hydrogen) atoms. The van der Waals surface area contributed by atoms with Crippen molar-refractivity contribution in [2.75, 3.05) is 26.1 Å². The Labute approximate surface area is 161 Å². The summed E-state index contributed by atoms with van der Waals surface area (Å²) in [6, 6.07) is 13.0. The molecule has 0 atom stereocenters. The Morgan fingerprint density at radius 2 is 1.93 bits per heavy atom. The van der Waals surface area contributed by atoms with Crippen molar-refractivity contribution in [3.05, 3.63) is 53.4 Å². The van der Waals surface area contributed by atoms with E-state index in [4.69, 9.17) is 14.2 Å². The number of nitrogens with zero attached hydrogens (tertiary/aromatic N) is 1. The maximum Gasteiger partial charge on any atom is 0.264 e. The van der Waals surface area contributed by atoms with Gasteiger partial charge in [-0.05, 0) is 36.8 Å². The molecule has 3 rings (SSSR count). The summed E-state index contributed by atoms with van der Waals surface area (Å²) in [5, 5.41) is 5.11. The number of hydrogen-bond donors (Lipinski definition) is 1. The summed E-state index contributed by atoms with van der Waals surface area (Å²) >= 11 is 1.34. The van der Waals surface area contributed by atoms with Crippen LogP contribution in [-0.4, -0.2) is 31.7 Å². The predicted molar refractivity (Wildman–Crippen MR) is 106 cm³/mol. The van der Waals surface area contributed by atoms with E-state index in [0.29, 0.717) is 28.1 Å². The fourth-order valence-corrected chi connectivity index (χ4v) is 3.21. The highest BCUT2D eigenvalue weighted by Gasteiger charge is 2.13. The highest BCUT2D eigenvalue weighted by Crippen LogP contribution is 2.35. The van der Waals surface area contributed by atoms with Crippen molar-refractivity contribution in [3.63, 3.8) is 0 Å². The number of methoxy groups -OCH3 is 2. The number of rotatable bonds is 7. The van der Waals surface area contributed by atoms with Gasteiger partial charge in [-0.25, -0.2) is 4.98 Å². The normalized spacial score (nSPS) is 10.3. The van der Waals surface area contributed by atoms with Crippen LogP contribution in [-0.2, 0) is 4.79 Å². The first-order valence-electron chi connectivity index (χ1n) is 8.27. The molecule has 2 aromatic carbocycles. The molecule has 0 fully saturated rings. The van der Waals surface area contributed by atoms with E-state index in [-0.39, 0.29) is 12.5 Å². The Bertz CT molecular complexity index is 939. The van der Waals surface area contributed by atoms with Gasteiger partial charge in [-0.1, -0.05) is 18.2 Å². The first-order valence-corrected chi connectivity index (χ1v) is 9.15. The zero-order valence-corrected chi connectivity index (χ0v) is 16.1. The first kappa shape index (κ1) is 18.7. The topological polar surface area (TPSA) is 69.7 Å². The summed E-state index contributed by atoms with van der Waals surface area (Å²) in [5.41, 5.74) is 2.47. The Balaban J connectivity index is 1.67. The Morgan fingerprint density at radius 3 is 2.67 bits per heavy atom. The molecule has 6 nitrogen and oxygen atoms in total. The number of aromatic nitrogens is 1. The molecule has 1 N–H and O–H groups in total. The van der Waals surface area contributed by atoms with Crippen LogP contribution in [0.3, 0.4) is 0 Å². The summed E-state index contributed by atoms with van der Waals surface area (Å²) in [6.45, 7) is 1.85. The molecular formula is C20H20N2O4S. The average molecular weight is 384 g/mol. The van der Waals surface area contributed by atoms with Crippen molar-refractivity contribution in [1.82, 2.24) is 4.98 Å². The molecule has 0 aliphatic rings. The molecule has 0 spiro atoms. The molecule has 0 bridgehead atoms. The van der Waals surface area contributed by atoms with Gasteiger partial charge in [-0.2, -0.15) is 0 Å². The van der Waals surface area contributed by atoms with E-state index in [1.165, 1.54) is 11.3 Å². The maximum atomic E-state index is 12.2. The van der Waals surface area contributed by atoms with Gasteiger partial charge < -0.3 is 14.2 Å². The van der Waals surface area contributed by atoms with Gasteiger partial charge in [-0.3, -0.25) is 10.1 Å². The van der Waals surface area contributed by atoms with E-state index in [9.17, 15) is 4.79 Å². The summed E-state index contributed by atoms with van der Waals surface area (Å²) in [6.07, 6.45) is 0. The van der Waals surface area contributed by atoms with E-state index >= 15 is 0 Å². The number of amides is 1. The number of hydrogen-bond acceptors (Lipinski definition) is 6. The SMILES string of the molecule is COc1ccc(OC)c(-c2csc(NC(=O)COc3ccccc3C)n2)c1. The van der Waals surface area contributed by atoms with Gasteiger partial charge in [0.2, 0.25) is 0 Å². The molecule has 1 aromatic heterocycles.